The molecule has 0 aliphatic carbocycles. The smallest absolute Gasteiger partial charge is 0.259 e. The molecule has 0 atom stereocenters. The highest BCUT2D eigenvalue weighted by atomic mass is 35.5. The highest BCUT2D eigenvalue weighted by molar-refractivity contribution is 7.15. The molecule has 3 rings (SSSR count). The summed E-state index contributed by atoms with van der Waals surface area (Å²) in [4.78, 5) is 20.1. The Labute approximate surface area is 156 Å². The molecule has 0 aliphatic heterocycles. The lowest BCUT2D eigenvalue weighted by atomic mass is 10.1. The first-order valence-corrected chi connectivity index (χ1v) is 9.61. The zero-order valence-electron chi connectivity index (χ0n) is 14.7. The van der Waals surface area contributed by atoms with Gasteiger partial charge in [0.1, 0.15) is 0 Å². The van der Waals surface area contributed by atoms with Gasteiger partial charge in [-0.2, -0.15) is 0 Å². The summed E-state index contributed by atoms with van der Waals surface area (Å²) in [5.41, 5.74) is 2.95. The summed E-state index contributed by atoms with van der Waals surface area (Å²) in [5.74, 6) is 0.529. The van der Waals surface area contributed by atoms with Crippen LogP contribution in [0.4, 0.5) is 0 Å². The summed E-state index contributed by atoms with van der Waals surface area (Å²) in [5, 5.41) is 2.71. The second kappa shape index (κ2) is 7.68. The molecule has 0 amide bonds. The lowest BCUT2D eigenvalue weighted by Crippen LogP contribution is -2.28. The van der Waals surface area contributed by atoms with Gasteiger partial charge in [0, 0.05) is 41.8 Å². The zero-order chi connectivity index (χ0) is 18.0. The minimum atomic E-state index is -0.00487. The van der Waals surface area contributed by atoms with Gasteiger partial charge in [0.05, 0.1) is 5.69 Å². The molecular formula is C19H22ClN3OS. The molecular weight excluding hydrogens is 354 g/mol. The van der Waals surface area contributed by atoms with Gasteiger partial charge in [-0.1, -0.05) is 37.6 Å². The van der Waals surface area contributed by atoms with Crippen LogP contribution in [0.1, 0.15) is 30.8 Å². The van der Waals surface area contributed by atoms with Gasteiger partial charge >= 0.3 is 0 Å². The second-order valence-electron chi connectivity index (χ2n) is 6.77. The van der Waals surface area contributed by atoms with E-state index in [0.29, 0.717) is 12.5 Å². The molecule has 25 heavy (non-hydrogen) atoms. The van der Waals surface area contributed by atoms with Crippen molar-refractivity contribution in [3.05, 3.63) is 68.0 Å². The first kappa shape index (κ1) is 18.1. The molecule has 0 fully saturated rings. The largest absolute Gasteiger partial charge is 0.293 e. The van der Waals surface area contributed by atoms with Crippen molar-refractivity contribution in [2.24, 2.45) is 5.92 Å². The maximum Gasteiger partial charge on any atom is 0.259 e. The number of thiazole rings is 1. The Morgan fingerprint density at radius 3 is 2.64 bits per heavy atom. The highest BCUT2D eigenvalue weighted by Crippen LogP contribution is 2.16. The average molecular weight is 376 g/mol. The van der Waals surface area contributed by atoms with Gasteiger partial charge in [0.2, 0.25) is 0 Å². The fourth-order valence-corrected chi connectivity index (χ4v) is 3.98. The Balaban J connectivity index is 1.84. The number of hydrogen-bond donors (Lipinski definition) is 0. The fraction of sp³-hybridized carbons (Fsp3) is 0.368. The van der Waals surface area contributed by atoms with Gasteiger partial charge in [-0.3, -0.25) is 14.1 Å². The molecule has 2 heterocycles. The van der Waals surface area contributed by atoms with Crippen LogP contribution in [0.3, 0.4) is 0 Å². The molecule has 0 N–H and O–H groups in total. The molecule has 6 heteroatoms. The standard InChI is InChI=1S/C19H22ClN3OS/c1-13(2)9-22(10-15-4-6-16(20)7-5-15)11-17-8-18(24)23-14(3)12-25-19(23)21-17/h4-8,12-13H,9-11H2,1-3H3. The minimum Gasteiger partial charge on any atom is -0.293 e. The van der Waals surface area contributed by atoms with Crippen LogP contribution in [0.5, 0.6) is 0 Å². The topological polar surface area (TPSA) is 37.6 Å². The van der Waals surface area contributed by atoms with Crippen LogP contribution in [0.15, 0.2) is 40.5 Å². The van der Waals surface area contributed by atoms with E-state index in [-0.39, 0.29) is 5.56 Å². The predicted octanol–water partition coefficient (Wildman–Crippen LogP) is 4.38. The van der Waals surface area contributed by atoms with E-state index in [4.69, 9.17) is 11.6 Å². The van der Waals surface area contributed by atoms with Gasteiger partial charge in [0.25, 0.3) is 5.56 Å². The van der Waals surface area contributed by atoms with E-state index < -0.39 is 0 Å². The minimum absolute atomic E-state index is 0.00487. The van der Waals surface area contributed by atoms with Gasteiger partial charge in [-0.05, 0) is 30.5 Å². The van der Waals surface area contributed by atoms with Crippen LogP contribution >= 0.6 is 22.9 Å². The summed E-state index contributed by atoms with van der Waals surface area (Å²) >= 11 is 7.49. The zero-order valence-corrected chi connectivity index (χ0v) is 16.3. The third kappa shape index (κ3) is 4.48. The van der Waals surface area contributed by atoms with E-state index in [2.05, 4.69) is 23.7 Å². The van der Waals surface area contributed by atoms with Crippen molar-refractivity contribution in [1.82, 2.24) is 14.3 Å². The van der Waals surface area contributed by atoms with E-state index in [1.807, 2.05) is 36.6 Å². The van der Waals surface area contributed by atoms with Crippen molar-refractivity contribution in [1.29, 1.82) is 0 Å². The highest BCUT2D eigenvalue weighted by Gasteiger charge is 2.13. The number of halogens is 1. The number of aromatic nitrogens is 2. The Morgan fingerprint density at radius 2 is 1.96 bits per heavy atom. The van der Waals surface area contributed by atoms with Crippen LogP contribution in [-0.4, -0.2) is 20.8 Å². The third-order valence-electron chi connectivity index (χ3n) is 3.96. The van der Waals surface area contributed by atoms with Crippen LogP contribution in [0, 0.1) is 12.8 Å². The second-order valence-corrected chi connectivity index (χ2v) is 8.04. The van der Waals surface area contributed by atoms with E-state index in [1.54, 1.807) is 10.5 Å². The Hall–Kier alpha value is -1.69. The van der Waals surface area contributed by atoms with Crippen molar-refractivity contribution in [3.63, 3.8) is 0 Å². The molecule has 0 radical (unpaired) electrons. The number of hydrogen-bond acceptors (Lipinski definition) is 4. The molecule has 0 saturated carbocycles. The fourth-order valence-electron chi connectivity index (χ4n) is 2.96. The summed E-state index contributed by atoms with van der Waals surface area (Å²) < 4.78 is 1.67. The van der Waals surface area contributed by atoms with Crippen LogP contribution in [0.25, 0.3) is 4.96 Å². The Kier molecular flexibility index (Phi) is 5.57. The van der Waals surface area contributed by atoms with E-state index in [1.165, 1.54) is 16.9 Å². The van der Waals surface area contributed by atoms with Crippen molar-refractivity contribution in [2.45, 2.75) is 33.9 Å². The van der Waals surface area contributed by atoms with Gasteiger partial charge in [-0.15, -0.1) is 11.3 Å². The molecule has 0 bridgehead atoms. The monoisotopic (exact) mass is 375 g/mol. The van der Waals surface area contributed by atoms with Gasteiger partial charge in [0.15, 0.2) is 4.96 Å². The molecule has 2 aromatic heterocycles. The first-order chi connectivity index (χ1) is 11.9. The Morgan fingerprint density at radius 1 is 1.24 bits per heavy atom. The quantitative estimate of drug-likeness (QED) is 0.641. The van der Waals surface area contributed by atoms with Crippen LogP contribution in [0.2, 0.25) is 5.02 Å². The molecule has 1 aromatic carbocycles. The molecule has 132 valence electrons. The number of fused-ring (bicyclic) bond motifs is 1. The number of rotatable bonds is 6. The van der Waals surface area contributed by atoms with Crippen molar-refractivity contribution >= 4 is 27.9 Å². The van der Waals surface area contributed by atoms with E-state index in [0.717, 1.165) is 34.5 Å². The molecule has 0 spiro atoms. The summed E-state index contributed by atoms with van der Waals surface area (Å²) in [6.07, 6.45) is 0. The van der Waals surface area contributed by atoms with Crippen molar-refractivity contribution < 1.29 is 0 Å². The number of benzene rings is 1. The predicted molar refractivity (Wildman–Crippen MR) is 104 cm³/mol. The van der Waals surface area contributed by atoms with Gasteiger partial charge in [-0.25, -0.2) is 4.98 Å². The van der Waals surface area contributed by atoms with Crippen LogP contribution < -0.4 is 5.56 Å². The molecule has 0 saturated heterocycles. The lowest BCUT2D eigenvalue weighted by molar-refractivity contribution is 0.225. The summed E-state index contributed by atoms with van der Waals surface area (Å²) in [6.45, 7) is 8.72. The lowest BCUT2D eigenvalue weighted by Gasteiger charge is -2.24. The molecule has 3 aromatic rings. The molecule has 0 unspecified atom stereocenters. The maximum absolute atomic E-state index is 12.4. The third-order valence-corrected chi connectivity index (χ3v) is 5.15. The Bertz CT molecular complexity index is 915. The van der Waals surface area contributed by atoms with E-state index >= 15 is 0 Å². The summed E-state index contributed by atoms with van der Waals surface area (Å²) in [7, 11) is 0. The summed E-state index contributed by atoms with van der Waals surface area (Å²) in [6, 6.07) is 9.57. The average Bonchev–Trinajstić information content (AvgIpc) is 2.90. The van der Waals surface area contributed by atoms with Crippen LogP contribution in [-0.2, 0) is 13.1 Å². The molecule has 0 aliphatic rings. The van der Waals surface area contributed by atoms with E-state index in [9.17, 15) is 4.79 Å². The van der Waals surface area contributed by atoms with Crippen molar-refractivity contribution in [3.8, 4) is 0 Å². The normalized spacial score (nSPS) is 11.8. The molecule has 4 nitrogen and oxygen atoms in total. The SMILES string of the molecule is Cc1csc2nc(CN(Cc3ccc(Cl)cc3)CC(C)C)cc(=O)n12. The maximum atomic E-state index is 12.4. The number of nitrogens with zero attached hydrogens (tertiary/aromatic N) is 3. The van der Waals surface area contributed by atoms with Crippen molar-refractivity contribution in [2.75, 3.05) is 6.54 Å². The first-order valence-electron chi connectivity index (χ1n) is 8.36. The number of aryl methyl sites for hydroxylation is 1. The van der Waals surface area contributed by atoms with Gasteiger partial charge < -0.3 is 0 Å².